The molecule has 1 saturated heterocycles. The maximum absolute atomic E-state index is 12.1. The minimum atomic E-state index is 0.0406. The Labute approximate surface area is 145 Å². The number of ether oxygens (including phenoxy) is 1. The van der Waals surface area contributed by atoms with Gasteiger partial charge in [0.05, 0.1) is 12.0 Å². The third-order valence-electron chi connectivity index (χ3n) is 4.75. The van der Waals surface area contributed by atoms with Crippen molar-refractivity contribution >= 4 is 28.2 Å². The molecule has 2 aromatic rings. The van der Waals surface area contributed by atoms with Crippen molar-refractivity contribution in [2.24, 2.45) is 0 Å². The number of amides is 1. The summed E-state index contributed by atoms with van der Waals surface area (Å²) < 4.78 is 5.23. The van der Waals surface area contributed by atoms with Gasteiger partial charge in [-0.2, -0.15) is 0 Å². The maximum Gasteiger partial charge on any atom is 0.226 e. The van der Waals surface area contributed by atoms with Gasteiger partial charge in [0.15, 0.2) is 5.13 Å². The van der Waals surface area contributed by atoms with Gasteiger partial charge in [0.25, 0.3) is 0 Å². The second-order valence-electron chi connectivity index (χ2n) is 6.34. The molecule has 0 spiro atoms. The summed E-state index contributed by atoms with van der Waals surface area (Å²) in [5.41, 5.74) is 1.14. The molecule has 2 aliphatic heterocycles. The van der Waals surface area contributed by atoms with E-state index >= 15 is 0 Å². The summed E-state index contributed by atoms with van der Waals surface area (Å²) in [5.74, 6) is 1.70. The number of rotatable bonds is 3. The average Bonchev–Trinajstić information content (AvgIpc) is 3.06. The third-order valence-corrected chi connectivity index (χ3v) is 5.98. The molecule has 2 aliphatic rings. The van der Waals surface area contributed by atoms with Gasteiger partial charge < -0.3 is 15.0 Å². The average molecular weight is 343 g/mol. The number of thiazole rings is 1. The number of fused-ring (bicyclic) bond motifs is 1. The normalized spacial score (nSPS) is 20.5. The van der Waals surface area contributed by atoms with Crippen LogP contribution >= 0.6 is 11.3 Å². The SMILES string of the molecule is COc1ccc([C@H]2CC(=O)Nc3nc(N4CCCCC4)sc32)cc1. The second-order valence-corrected chi connectivity index (χ2v) is 7.34. The molecule has 1 aromatic carbocycles. The first-order chi connectivity index (χ1) is 11.7. The molecule has 4 rings (SSSR count). The zero-order chi connectivity index (χ0) is 16.5. The predicted molar refractivity (Wildman–Crippen MR) is 96.3 cm³/mol. The number of hydrogen-bond donors (Lipinski definition) is 1. The van der Waals surface area contributed by atoms with Crippen LogP contribution in [0.3, 0.4) is 0 Å². The Morgan fingerprint density at radius 1 is 1.21 bits per heavy atom. The fourth-order valence-corrected chi connectivity index (χ4v) is 4.63. The number of aromatic nitrogens is 1. The minimum Gasteiger partial charge on any atom is -0.497 e. The molecule has 3 heterocycles. The topological polar surface area (TPSA) is 54.5 Å². The van der Waals surface area contributed by atoms with Gasteiger partial charge in [0, 0.05) is 25.4 Å². The van der Waals surface area contributed by atoms with Gasteiger partial charge in [-0.15, -0.1) is 0 Å². The second kappa shape index (κ2) is 6.43. The zero-order valence-electron chi connectivity index (χ0n) is 13.7. The van der Waals surface area contributed by atoms with Crippen molar-refractivity contribution in [3.63, 3.8) is 0 Å². The molecule has 6 heteroatoms. The number of piperidine rings is 1. The van der Waals surface area contributed by atoms with Crippen molar-refractivity contribution in [2.45, 2.75) is 31.6 Å². The summed E-state index contributed by atoms with van der Waals surface area (Å²) in [6.45, 7) is 2.13. The number of nitrogens with one attached hydrogen (secondary N) is 1. The van der Waals surface area contributed by atoms with E-state index < -0.39 is 0 Å². The first-order valence-corrected chi connectivity index (χ1v) is 9.26. The molecule has 1 fully saturated rings. The zero-order valence-corrected chi connectivity index (χ0v) is 14.6. The van der Waals surface area contributed by atoms with E-state index in [1.54, 1.807) is 18.4 Å². The third kappa shape index (κ3) is 2.86. The van der Waals surface area contributed by atoms with E-state index in [0.717, 1.165) is 35.4 Å². The summed E-state index contributed by atoms with van der Waals surface area (Å²) in [6, 6.07) is 8.00. The van der Waals surface area contributed by atoms with Gasteiger partial charge in [-0.3, -0.25) is 4.79 Å². The molecule has 0 aliphatic carbocycles. The lowest BCUT2D eigenvalue weighted by Crippen LogP contribution is -2.29. The van der Waals surface area contributed by atoms with Crippen LogP contribution in [0.15, 0.2) is 24.3 Å². The van der Waals surface area contributed by atoms with Crippen molar-refractivity contribution in [3.8, 4) is 5.75 Å². The molecule has 1 atom stereocenters. The summed E-state index contributed by atoms with van der Waals surface area (Å²) in [7, 11) is 1.66. The molecule has 126 valence electrons. The number of anilines is 2. The first kappa shape index (κ1) is 15.4. The summed E-state index contributed by atoms with van der Waals surface area (Å²) in [5, 5.41) is 3.99. The van der Waals surface area contributed by atoms with Crippen molar-refractivity contribution in [1.82, 2.24) is 4.98 Å². The highest BCUT2D eigenvalue weighted by Crippen LogP contribution is 2.43. The molecular weight excluding hydrogens is 322 g/mol. The Morgan fingerprint density at radius 2 is 1.96 bits per heavy atom. The Balaban J connectivity index is 1.67. The van der Waals surface area contributed by atoms with Crippen LogP contribution in [0.2, 0.25) is 0 Å². The van der Waals surface area contributed by atoms with Crippen LogP contribution in [0.25, 0.3) is 0 Å². The van der Waals surface area contributed by atoms with E-state index in [-0.39, 0.29) is 11.8 Å². The van der Waals surface area contributed by atoms with Crippen molar-refractivity contribution < 1.29 is 9.53 Å². The Kier molecular flexibility index (Phi) is 4.14. The highest BCUT2D eigenvalue weighted by molar-refractivity contribution is 7.16. The Hall–Kier alpha value is -2.08. The van der Waals surface area contributed by atoms with E-state index in [1.807, 2.05) is 24.3 Å². The van der Waals surface area contributed by atoms with Gasteiger partial charge in [-0.1, -0.05) is 23.5 Å². The number of benzene rings is 1. The number of nitrogens with zero attached hydrogens (tertiary/aromatic N) is 2. The summed E-state index contributed by atoms with van der Waals surface area (Å²) in [4.78, 5) is 20.4. The number of carbonyl (C=O) groups excluding carboxylic acids is 1. The van der Waals surface area contributed by atoms with Crippen LogP contribution < -0.4 is 15.0 Å². The highest BCUT2D eigenvalue weighted by atomic mass is 32.1. The van der Waals surface area contributed by atoms with Gasteiger partial charge in [-0.05, 0) is 37.0 Å². The van der Waals surface area contributed by atoms with Gasteiger partial charge in [0.1, 0.15) is 11.6 Å². The Bertz CT molecular complexity index is 735. The largest absolute Gasteiger partial charge is 0.497 e. The van der Waals surface area contributed by atoms with E-state index in [0.29, 0.717) is 6.42 Å². The maximum atomic E-state index is 12.1. The molecule has 0 bridgehead atoms. The molecular formula is C18H21N3O2S. The van der Waals surface area contributed by atoms with Gasteiger partial charge in [0.2, 0.25) is 5.91 Å². The van der Waals surface area contributed by atoms with E-state index in [2.05, 4.69) is 10.2 Å². The fraction of sp³-hybridized carbons (Fsp3) is 0.444. The molecule has 1 aromatic heterocycles. The lowest BCUT2D eigenvalue weighted by Gasteiger charge is -2.25. The van der Waals surface area contributed by atoms with Gasteiger partial charge >= 0.3 is 0 Å². The van der Waals surface area contributed by atoms with E-state index in [1.165, 1.54) is 24.1 Å². The fourth-order valence-electron chi connectivity index (χ4n) is 3.43. The smallest absolute Gasteiger partial charge is 0.226 e. The Morgan fingerprint density at radius 3 is 2.67 bits per heavy atom. The molecule has 0 saturated carbocycles. The molecule has 0 unspecified atom stereocenters. The lowest BCUT2D eigenvalue weighted by molar-refractivity contribution is -0.116. The molecule has 1 amide bonds. The monoisotopic (exact) mass is 343 g/mol. The number of hydrogen-bond acceptors (Lipinski definition) is 5. The molecule has 1 N–H and O–H groups in total. The molecule has 24 heavy (non-hydrogen) atoms. The van der Waals surface area contributed by atoms with Crippen molar-refractivity contribution in [2.75, 3.05) is 30.4 Å². The van der Waals surface area contributed by atoms with E-state index in [9.17, 15) is 4.79 Å². The van der Waals surface area contributed by atoms with E-state index in [4.69, 9.17) is 9.72 Å². The van der Waals surface area contributed by atoms with Crippen LogP contribution in [-0.4, -0.2) is 31.1 Å². The van der Waals surface area contributed by atoms with Crippen LogP contribution in [0.5, 0.6) is 5.75 Å². The quantitative estimate of drug-likeness (QED) is 0.925. The number of methoxy groups -OCH3 is 1. The van der Waals surface area contributed by atoms with Crippen LogP contribution in [0.4, 0.5) is 10.9 Å². The standard InChI is InChI=1S/C18H21N3O2S/c1-23-13-7-5-12(6-8-13)14-11-15(22)19-17-16(14)24-18(20-17)21-9-3-2-4-10-21/h5-8,14H,2-4,9-11H2,1H3,(H,19,22)/t14-/m1/s1. The predicted octanol–water partition coefficient (Wildman–Crippen LogP) is 3.62. The van der Waals surface area contributed by atoms with Crippen LogP contribution in [-0.2, 0) is 4.79 Å². The van der Waals surface area contributed by atoms with Crippen LogP contribution in [0, 0.1) is 0 Å². The minimum absolute atomic E-state index is 0.0406. The summed E-state index contributed by atoms with van der Waals surface area (Å²) in [6.07, 6.45) is 4.21. The summed E-state index contributed by atoms with van der Waals surface area (Å²) >= 11 is 1.73. The molecule has 0 radical (unpaired) electrons. The van der Waals surface area contributed by atoms with Crippen molar-refractivity contribution in [3.05, 3.63) is 34.7 Å². The lowest BCUT2D eigenvalue weighted by atomic mass is 9.91. The van der Waals surface area contributed by atoms with Gasteiger partial charge in [-0.25, -0.2) is 4.98 Å². The van der Waals surface area contributed by atoms with Crippen molar-refractivity contribution in [1.29, 1.82) is 0 Å². The van der Waals surface area contributed by atoms with Crippen LogP contribution in [0.1, 0.15) is 42.0 Å². The first-order valence-electron chi connectivity index (χ1n) is 8.44. The molecule has 5 nitrogen and oxygen atoms in total. The highest BCUT2D eigenvalue weighted by Gasteiger charge is 2.31. The number of carbonyl (C=O) groups is 1.